The van der Waals surface area contributed by atoms with Crippen LogP contribution in [0.1, 0.15) is 29.6 Å². The van der Waals surface area contributed by atoms with E-state index in [1.165, 1.54) is 37.9 Å². The molecule has 1 aliphatic heterocycles. The Labute approximate surface area is 131 Å². The molecule has 1 N–H and O–H groups in total. The van der Waals surface area contributed by atoms with Gasteiger partial charge >= 0.3 is 0 Å². The average Bonchev–Trinajstić information content (AvgIpc) is 2.56. The van der Waals surface area contributed by atoms with Gasteiger partial charge in [-0.2, -0.15) is 0 Å². The lowest BCUT2D eigenvalue weighted by molar-refractivity contribution is -0.907. The first kappa shape index (κ1) is 15.2. The van der Waals surface area contributed by atoms with E-state index < -0.39 is 0 Å². The molecular weight excluding hydrogens is 279 g/mol. The van der Waals surface area contributed by atoms with E-state index in [1.807, 2.05) is 4.90 Å². The SMILES string of the molecule is O=C(c1cccc(F)c1)N1CC[NH+](C[C@H]2CC=CCC2)CC1. The molecule has 2 aliphatic rings. The van der Waals surface area contributed by atoms with Crippen molar-refractivity contribution in [1.29, 1.82) is 0 Å². The fraction of sp³-hybridized carbons (Fsp3) is 0.500. The van der Waals surface area contributed by atoms with Crippen molar-refractivity contribution in [2.24, 2.45) is 5.92 Å². The average molecular weight is 303 g/mol. The summed E-state index contributed by atoms with van der Waals surface area (Å²) in [4.78, 5) is 15.9. The molecule has 3 nitrogen and oxygen atoms in total. The monoisotopic (exact) mass is 303 g/mol. The van der Waals surface area contributed by atoms with Gasteiger partial charge in [0, 0.05) is 11.5 Å². The molecule has 1 amide bonds. The zero-order valence-corrected chi connectivity index (χ0v) is 12.9. The number of benzene rings is 1. The minimum absolute atomic E-state index is 0.0425. The quantitative estimate of drug-likeness (QED) is 0.842. The molecule has 118 valence electrons. The number of rotatable bonds is 3. The first-order chi connectivity index (χ1) is 10.7. The number of carbonyl (C=O) groups excluding carboxylic acids is 1. The van der Waals surface area contributed by atoms with Crippen molar-refractivity contribution < 1.29 is 14.1 Å². The van der Waals surface area contributed by atoms with Crippen LogP contribution in [0.5, 0.6) is 0 Å². The molecular formula is C18H24FN2O+. The summed E-state index contributed by atoms with van der Waals surface area (Å²) >= 11 is 0. The van der Waals surface area contributed by atoms with E-state index >= 15 is 0 Å². The van der Waals surface area contributed by atoms with Gasteiger partial charge in [-0.05, 0) is 37.5 Å². The molecule has 4 heteroatoms. The number of quaternary nitrogens is 1. The topological polar surface area (TPSA) is 24.8 Å². The summed E-state index contributed by atoms with van der Waals surface area (Å²) < 4.78 is 13.2. The Balaban J connectivity index is 1.51. The zero-order chi connectivity index (χ0) is 15.4. The molecule has 0 spiro atoms. The predicted octanol–water partition coefficient (Wildman–Crippen LogP) is 1.52. The molecule has 1 atom stereocenters. The van der Waals surface area contributed by atoms with Gasteiger partial charge in [0.25, 0.3) is 5.91 Å². The second kappa shape index (κ2) is 7.05. The molecule has 0 unspecified atom stereocenters. The number of nitrogens with one attached hydrogen (secondary N) is 1. The maximum Gasteiger partial charge on any atom is 0.254 e. The van der Waals surface area contributed by atoms with Gasteiger partial charge in [0.1, 0.15) is 5.82 Å². The van der Waals surface area contributed by atoms with Crippen LogP contribution in [0.15, 0.2) is 36.4 Å². The smallest absolute Gasteiger partial charge is 0.254 e. The van der Waals surface area contributed by atoms with Gasteiger partial charge in [-0.25, -0.2) is 4.39 Å². The van der Waals surface area contributed by atoms with Crippen molar-refractivity contribution in [2.75, 3.05) is 32.7 Å². The molecule has 0 aromatic heterocycles. The van der Waals surface area contributed by atoms with E-state index in [-0.39, 0.29) is 11.7 Å². The second-order valence-electron chi connectivity index (χ2n) is 6.41. The van der Waals surface area contributed by atoms with Gasteiger partial charge in [-0.3, -0.25) is 4.79 Å². The summed E-state index contributed by atoms with van der Waals surface area (Å²) in [5.74, 6) is 0.407. The maximum absolute atomic E-state index is 13.2. The molecule has 0 bridgehead atoms. The Morgan fingerprint density at radius 2 is 2.09 bits per heavy atom. The van der Waals surface area contributed by atoms with Crippen LogP contribution in [0.25, 0.3) is 0 Å². The van der Waals surface area contributed by atoms with Crippen molar-refractivity contribution in [2.45, 2.75) is 19.3 Å². The fourth-order valence-corrected chi connectivity index (χ4v) is 3.48. The van der Waals surface area contributed by atoms with E-state index in [0.717, 1.165) is 32.1 Å². The molecule has 22 heavy (non-hydrogen) atoms. The van der Waals surface area contributed by atoms with E-state index in [1.54, 1.807) is 17.0 Å². The van der Waals surface area contributed by atoms with Crippen LogP contribution in [-0.2, 0) is 0 Å². The summed E-state index contributed by atoms with van der Waals surface area (Å²) in [6.45, 7) is 4.76. The summed E-state index contributed by atoms with van der Waals surface area (Å²) in [5, 5.41) is 0. The van der Waals surface area contributed by atoms with Crippen molar-refractivity contribution >= 4 is 5.91 Å². The highest BCUT2D eigenvalue weighted by atomic mass is 19.1. The van der Waals surface area contributed by atoms with E-state index in [4.69, 9.17) is 0 Å². The van der Waals surface area contributed by atoms with Crippen LogP contribution in [0.2, 0.25) is 0 Å². The van der Waals surface area contributed by atoms with E-state index in [2.05, 4.69) is 12.2 Å². The number of amides is 1. The summed E-state index contributed by atoms with van der Waals surface area (Å²) in [6.07, 6.45) is 8.29. The molecule has 1 heterocycles. The van der Waals surface area contributed by atoms with Crippen LogP contribution in [0.3, 0.4) is 0 Å². The van der Waals surface area contributed by atoms with Gasteiger partial charge in [-0.1, -0.05) is 18.2 Å². The van der Waals surface area contributed by atoms with Gasteiger partial charge in [0.2, 0.25) is 0 Å². The largest absolute Gasteiger partial charge is 0.332 e. The first-order valence-corrected chi connectivity index (χ1v) is 8.26. The van der Waals surface area contributed by atoms with E-state index in [0.29, 0.717) is 5.56 Å². The molecule has 0 saturated carbocycles. The molecule has 3 rings (SSSR count). The Morgan fingerprint density at radius 3 is 2.77 bits per heavy atom. The van der Waals surface area contributed by atoms with Gasteiger partial charge in [0.05, 0.1) is 32.7 Å². The molecule has 1 aliphatic carbocycles. The summed E-state index contributed by atoms with van der Waals surface area (Å²) in [6, 6.07) is 5.99. The minimum Gasteiger partial charge on any atom is -0.332 e. The second-order valence-corrected chi connectivity index (χ2v) is 6.41. The van der Waals surface area contributed by atoms with Crippen molar-refractivity contribution in [1.82, 2.24) is 4.90 Å². The van der Waals surface area contributed by atoms with Crippen LogP contribution in [0.4, 0.5) is 4.39 Å². The molecule has 1 saturated heterocycles. The van der Waals surface area contributed by atoms with Crippen molar-refractivity contribution in [3.05, 3.63) is 47.8 Å². The van der Waals surface area contributed by atoms with Gasteiger partial charge in [0.15, 0.2) is 0 Å². The number of piperazine rings is 1. The van der Waals surface area contributed by atoms with Crippen molar-refractivity contribution in [3.8, 4) is 0 Å². The maximum atomic E-state index is 13.2. The Bertz CT molecular complexity index is 550. The number of nitrogens with zero attached hydrogens (tertiary/aromatic N) is 1. The van der Waals surface area contributed by atoms with Crippen LogP contribution in [-0.4, -0.2) is 43.5 Å². The van der Waals surface area contributed by atoms with E-state index in [9.17, 15) is 9.18 Å². The molecule has 1 aromatic rings. The Morgan fingerprint density at radius 1 is 1.27 bits per heavy atom. The lowest BCUT2D eigenvalue weighted by atomic mass is 9.94. The van der Waals surface area contributed by atoms with Crippen LogP contribution < -0.4 is 4.90 Å². The molecule has 0 radical (unpaired) electrons. The summed E-state index contributed by atoms with van der Waals surface area (Å²) in [5.41, 5.74) is 0.459. The highest BCUT2D eigenvalue weighted by Crippen LogP contribution is 2.16. The summed E-state index contributed by atoms with van der Waals surface area (Å²) in [7, 11) is 0. The third kappa shape index (κ3) is 3.74. The number of hydrogen-bond donors (Lipinski definition) is 1. The third-order valence-electron chi connectivity index (χ3n) is 4.78. The van der Waals surface area contributed by atoms with Gasteiger partial charge < -0.3 is 9.80 Å². The lowest BCUT2D eigenvalue weighted by Gasteiger charge is -2.34. The minimum atomic E-state index is -0.347. The predicted molar refractivity (Wildman–Crippen MR) is 84.3 cm³/mol. The third-order valence-corrected chi connectivity index (χ3v) is 4.78. The Kier molecular flexibility index (Phi) is 4.88. The number of carbonyl (C=O) groups is 1. The zero-order valence-electron chi connectivity index (χ0n) is 12.9. The fourth-order valence-electron chi connectivity index (χ4n) is 3.48. The lowest BCUT2D eigenvalue weighted by Crippen LogP contribution is -3.15. The van der Waals surface area contributed by atoms with Crippen LogP contribution >= 0.6 is 0 Å². The van der Waals surface area contributed by atoms with Crippen molar-refractivity contribution in [3.63, 3.8) is 0 Å². The highest BCUT2D eigenvalue weighted by Gasteiger charge is 2.26. The van der Waals surface area contributed by atoms with Crippen LogP contribution in [0, 0.1) is 11.7 Å². The highest BCUT2D eigenvalue weighted by molar-refractivity contribution is 5.94. The van der Waals surface area contributed by atoms with Gasteiger partial charge in [-0.15, -0.1) is 0 Å². The molecule has 1 aromatic carbocycles. The molecule has 1 fully saturated rings. The normalized spacial score (nSPS) is 22.8. The standard InChI is InChI=1S/C18H23FN2O/c19-17-8-4-7-16(13-17)18(22)21-11-9-20(10-12-21)14-15-5-2-1-3-6-15/h1-2,4,7-8,13,15H,3,5-6,9-12,14H2/p+1/t15-/m0/s1. The first-order valence-electron chi connectivity index (χ1n) is 8.26. The number of hydrogen-bond acceptors (Lipinski definition) is 1. The number of halogens is 1. The number of allylic oxidation sites excluding steroid dienone is 2. The Hall–Kier alpha value is -1.68.